The third kappa shape index (κ3) is 4.51. The lowest BCUT2D eigenvalue weighted by atomic mass is 10.2. The quantitative estimate of drug-likeness (QED) is 0.701. The second kappa shape index (κ2) is 7.87. The molecule has 1 saturated heterocycles. The minimum absolute atomic E-state index is 0.0339. The van der Waals surface area contributed by atoms with E-state index in [4.69, 9.17) is 0 Å². The van der Waals surface area contributed by atoms with E-state index >= 15 is 0 Å². The van der Waals surface area contributed by atoms with Crippen molar-refractivity contribution in [1.29, 1.82) is 0 Å². The predicted molar refractivity (Wildman–Crippen MR) is 99.9 cm³/mol. The van der Waals surface area contributed by atoms with Gasteiger partial charge in [0, 0.05) is 24.3 Å². The Morgan fingerprint density at radius 2 is 1.70 bits per heavy atom. The van der Waals surface area contributed by atoms with Gasteiger partial charge in [-0.2, -0.15) is 0 Å². The van der Waals surface area contributed by atoms with Crippen LogP contribution in [-0.2, 0) is 19.2 Å². The van der Waals surface area contributed by atoms with Crippen LogP contribution in [0.15, 0.2) is 24.3 Å². The zero-order valence-electron chi connectivity index (χ0n) is 15.5. The number of nitrogens with one attached hydrogen (secondary N) is 2. The summed E-state index contributed by atoms with van der Waals surface area (Å²) in [5.41, 5.74) is 1.24. The first-order valence-electron chi connectivity index (χ1n) is 9.16. The predicted octanol–water partition coefficient (Wildman–Crippen LogP) is 1.20. The van der Waals surface area contributed by atoms with Crippen molar-refractivity contribution in [3.63, 3.8) is 0 Å². The normalized spacial score (nSPS) is 19.5. The highest BCUT2D eigenvalue weighted by atomic mass is 16.2. The average Bonchev–Trinajstić information content (AvgIpc) is 3.39. The second-order valence-corrected chi connectivity index (χ2v) is 6.92. The molecule has 4 amide bonds. The van der Waals surface area contributed by atoms with Gasteiger partial charge in [-0.15, -0.1) is 0 Å². The van der Waals surface area contributed by atoms with E-state index in [0.29, 0.717) is 17.9 Å². The molecule has 1 aromatic carbocycles. The minimum atomic E-state index is -0.559. The van der Waals surface area contributed by atoms with Crippen LogP contribution in [0, 0.1) is 0 Å². The molecule has 27 heavy (non-hydrogen) atoms. The highest BCUT2D eigenvalue weighted by molar-refractivity contribution is 6.06. The molecule has 144 valence electrons. The molecule has 1 aliphatic carbocycles. The van der Waals surface area contributed by atoms with Gasteiger partial charge in [0.25, 0.3) is 0 Å². The zero-order valence-corrected chi connectivity index (χ0v) is 15.5. The second-order valence-electron chi connectivity index (χ2n) is 6.92. The highest BCUT2D eigenvalue weighted by Crippen LogP contribution is 2.32. The van der Waals surface area contributed by atoms with Gasteiger partial charge in [-0.1, -0.05) is 6.92 Å². The van der Waals surface area contributed by atoms with E-state index in [9.17, 15) is 19.2 Å². The van der Waals surface area contributed by atoms with Crippen LogP contribution in [-0.4, -0.2) is 58.6 Å². The summed E-state index contributed by atoms with van der Waals surface area (Å²) in [5.74, 6) is -0.743. The third-order valence-corrected chi connectivity index (χ3v) is 4.75. The van der Waals surface area contributed by atoms with E-state index in [2.05, 4.69) is 10.6 Å². The molecule has 1 saturated carbocycles. The van der Waals surface area contributed by atoms with Crippen molar-refractivity contribution in [3.8, 4) is 0 Å². The van der Waals surface area contributed by atoms with Crippen LogP contribution in [0.2, 0.25) is 0 Å². The number of benzene rings is 1. The van der Waals surface area contributed by atoms with E-state index in [0.717, 1.165) is 12.8 Å². The number of likely N-dealkylation sites (tertiary alicyclic amines) is 1. The van der Waals surface area contributed by atoms with Gasteiger partial charge in [0.2, 0.25) is 23.6 Å². The minimum Gasteiger partial charge on any atom is -0.326 e. The molecule has 2 N–H and O–H groups in total. The maximum Gasteiger partial charge on any atom is 0.247 e. The maximum absolute atomic E-state index is 12.6. The van der Waals surface area contributed by atoms with E-state index in [-0.39, 0.29) is 42.6 Å². The Morgan fingerprint density at radius 1 is 1.11 bits per heavy atom. The summed E-state index contributed by atoms with van der Waals surface area (Å²) in [7, 11) is 0. The first-order chi connectivity index (χ1) is 12.9. The Labute approximate surface area is 157 Å². The molecule has 8 nitrogen and oxygen atoms in total. The van der Waals surface area contributed by atoms with Gasteiger partial charge in [-0.3, -0.25) is 29.0 Å². The molecule has 1 aromatic rings. The van der Waals surface area contributed by atoms with E-state index in [1.165, 1.54) is 11.8 Å². The number of rotatable bonds is 7. The van der Waals surface area contributed by atoms with Crippen molar-refractivity contribution < 1.29 is 19.2 Å². The van der Waals surface area contributed by atoms with Crippen LogP contribution >= 0.6 is 0 Å². The number of carbonyl (C=O) groups excluding carboxylic acids is 4. The molecule has 2 aliphatic rings. The fraction of sp³-hybridized carbons (Fsp3) is 0.474. The fourth-order valence-corrected chi connectivity index (χ4v) is 3.30. The molecule has 0 bridgehead atoms. The topological polar surface area (TPSA) is 98.8 Å². The summed E-state index contributed by atoms with van der Waals surface area (Å²) in [6.07, 6.45) is 1.90. The SMILES string of the molecule is CCN(CC(=O)Nc1ccc(NC(C)=O)cc1)[C@H]1CC(=O)N(C2CC2)C1=O. The van der Waals surface area contributed by atoms with Crippen molar-refractivity contribution in [3.05, 3.63) is 24.3 Å². The number of nitrogens with zero attached hydrogens (tertiary/aromatic N) is 2. The Hall–Kier alpha value is -2.74. The van der Waals surface area contributed by atoms with Crippen molar-refractivity contribution in [2.45, 2.75) is 45.2 Å². The van der Waals surface area contributed by atoms with Crippen molar-refractivity contribution >= 4 is 35.0 Å². The monoisotopic (exact) mass is 372 g/mol. The van der Waals surface area contributed by atoms with Gasteiger partial charge in [0.15, 0.2) is 0 Å². The van der Waals surface area contributed by atoms with Crippen LogP contribution in [0.4, 0.5) is 11.4 Å². The maximum atomic E-state index is 12.6. The average molecular weight is 372 g/mol. The van der Waals surface area contributed by atoms with Crippen molar-refractivity contribution in [2.75, 3.05) is 23.7 Å². The molecule has 1 atom stereocenters. The molecule has 0 aromatic heterocycles. The van der Waals surface area contributed by atoms with Gasteiger partial charge in [-0.25, -0.2) is 0 Å². The van der Waals surface area contributed by atoms with E-state index in [1.807, 2.05) is 6.92 Å². The van der Waals surface area contributed by atoms with E-state index < -0.39 is 6.04 Å². The van der Waals surface area contributed by atoms with Crippen molar-refractivity contribution in [1.82, 2.24) is 9.80 Å². The number of amides is 4. The zero-order chi connectivity index (χ0) is 19.6. The third-order valence-electron chi connectivity index (χ3n) is 4.75. The summed E-state index contributed by atoms with van der Waals surface area (Å²) in [5, 5.41) is 5.44. The number of carbonyl (C=O) groups is 4. The number of hydrogen-bond acceptors (Lipinski definition) is 5. The Kier molecular flexibility index (Phi) is 5.55. The first kappa shape index (κ1) is 19.0. The van der Waals surface area contributed by atoms with Crippen molar-refractivity contribution in [2.24, 2.45) is 0 Å². The Balaban J connectivity index is 1.58. The van der Waals surface area contributed by atoms with Crippen LogP contribution in [0.25, 0.3) is 0 Å². The molecular formula is C19H24N4O4. The number of anilines is 2. The molecule has 2 fully saturated rings. The van der Waals surface area contributed by atoms with Gasteiger partial charge in [0.05, 0.1) is 19.0 Å². The molecule has 0 unspecified atom stereocenters. The highest BCUT2D eigenvalue weighted by Gasteiger charge is 2.47. The Morgan fingerprint density at radius 3 is 2.22 bits per heavy atom. The summed E-state index contributed by atoms with van der Waals surface area (Å²) >= 11 is 0. The van der Waals surface area contributed by atoms with E-state index in [1.54, 1.807) is 29.2 Å². The molecule has 3 rings (SSSR count). The standard InChI is InChI=1S/C19H24N4O4/c1-3-22(16-10-18(26)23(19(16)27)15-8-9-15)11-17(25)21-14-6-4-13(5-7-14)20-12(2)24/h4-7,15-16H,3,8-11H2,1-2H3,(H,20,24)(H,21,25)/t16-/m0/s1. The molecule has 8 heteroatoms. The summed E-state index contributed by atoms with van der Waals surface area (Å²) in [4.78, 5) is 51.2. The number of hydrogen-bond donors (Lipinski definition) is 2. The lowest BCUT2D eigenvalue weighted by molar-refractivity contribution is -0.140. The molecule has 1 heterocycles. The fourth-order valence-electron chi connectivity index (χ4n) is 3.30. The smallest absolute Gasteiger partial charge is 0.247 e. The summed E-state index contributed by atoms with van der Waals surface area (Å²) in [6, 6.07) is 6.28. The van der Waals surface area contributed by atoms with Crippen LogP contribution in [0.3, 0.4) is 0 Å². The molecule has 1 aliphatic heterocycles. The largest absolute Gasteiger partial charge is 0.326 e. The van der Waals surface area contributed by atoms with Crippen LogP contribution in [0.5, 0.6) is 0 Å². The molecule has 0 spiro atoms. The van der Waals surface area contributed by atoms with Gasteiger partial charge >= 0.3 is 0 Å². The lowest BCUT2D eigenvalue weighted by Crippen LogP contribution is -2.45. The molecular weight excluding hydrogens is 348 g/mol. The summed E-state index contributed by atoms with van der Waals surface area (Å²) < 4.78 is 0. The van der Waals surface area contributed by atoms with Gasteiger partial charge < -0.3 is 10.6 Å². The van der Waals surface area contributed by atoms with Gasteiger partial charge in [0.1, 0.15) is 0 Å². The molecule has 0 radical (unpaired) electrons. The number of imide groups is 1. The first-order valence-corrected chi connectivity index (χ1v) is 9.16. The Bertz CT molecular complexity index is 757. The van der Waals surface area contributed by atoms with Gasteiger partial charge in [-0.05, 0) is 43.7 Å². The summed E-state index contributed by atoms with van der Waals surface area (Å²) in [6.45, 7) is 3.82. The lowest BCUT2D eigenvalue weighted by Gasteiger charge is -2.25. The number of likely N-dealkylation sites (N-methyl/N-ethyl adjacent to an activating group) is 1. The van der Waals surface area contributed by atoms with Crippen LogP contribution < -0.4 is 10.6 Å². The van der Waals surface area contributed by atoms with Crippen LogP contribution in [0.1, 0.15) is 33.1 Å².